The number of amidine groups is 1. The van der Waals surface area contributed by atoms with Gasteiger partial charge in [0, 0.05) is 16.5 Å². The van der Waals surface area contributed by atoms with Crippen molar-refractivity contribution in [2.75, 3.05) is 18.0 Å². The average molecular weight is 460 g/mol. The summed E-state index contributed by atoms with van der Waals surface area (Å²) in [5.74, 6) is 2.94. The Bertz CT molecular complexity index is 1080. The van der Waals surface area contributed by atoms with E-state index < -0.39 is 0 Å². The summed E-state index contributed by atoms with van der Waals surface area (Å²) in [6, 6.07) is 14.3. The van der Waals surface area contributed by atoms with Crippen LogP contribution in [0.4, 0.5) is 5.69 Å². The van der Waals surface area contributed by atoms with Gasteiger partial charge in [-0.2, -0.15) is 0 Å². The zero-order valence-electron chi connectivity index (χ0n) is 23.4. The second kappa shape index (κ2) is 8.85. The van der Waals surface area contributed by atoms with Gasteiger partial charge in [0.05, 0.1) is 5.56 Å². The predicted octanol–water partition coefficient (Wildman–Crippen LogP) is 8.19. The van der Waals surface area contributed by atoms with Gasteiger partial charge in [-0.25, -0.2) is 4.90 Å². The molecule has 2 aliphatic heterocycles. The van der Waals surface area contributed by atoms with Crippen molar-refractivity contribution in [1.82, 2.24) is 0 Å². The number of anilines is 1. The molecule has 0 aromatic heterocycles. The van der Waals surface area contributed by atoms with E-state index in [0.717, 1.165) is 25.9 Å². The van der Waals surface area contributed by atoms with E-state index in [1.165, 1.54) is 39.3 Å². The first-order valence-corrected chi connectivity index (χ1v) is 13.7. The van der Waals surface area contributed by atoms with Crippen molar-refractivity contribution < 1.29 is 4.58 Å². The van der Waals surface area contributed by atoms with Crippen molar-refractivity contribution in [3.63, 3.8) is 0 Å². The van der Waals surface area contributed by atoms with Crippen LogP contribution in [0.15, 0.2) is 36.4 Å². The van der Waals surface area contributed by atoms with Crippen LogP contribution in [0.3, 0.4) is 0 Å². The minimum absolute atomic E-state index is 0.0913. The van der Waals surface area contributed by atoms with Crippen molar-refractivity contribution in [1.29, 1.82) is 0 Å². The molecular formula is C32H47N2+. The summed E-state index contributed by atoms with van der Waals surface area (Å²) in [5.41, 5.74) is 9.13. The van der Waals surface area contributed by atoms with E-state index in [9.17, 15) is 0 Å². The van der Waals surface area contributed by atoms with E-state index in [0.29, 0.717) is 17.8 Å². The summed E-state index contributed by atoms with van der Waals surface area (Å²) in [7, 11) is 0. The molecule has 2 atom stereocenters. The molecule has 2 heterocycles. The molecule has 0 aliphatic carbocycles. The fraction of sp³-hybridized carbons (Fsp3) is 0.594. The van der Waals surface area contributed by atoms with E-state index in [1.807, 2.05) is 0 Å². The zero-order chi connectivity index (χ0) is 25.0. The molecule has 34 heavy (non-hydrogen) atoms. The van der Waals surface area contributed by atoms with Gasteiger partial charge in [0.15, 0.2) is 0 Å². The highest BCUT2D eigenvalue weighted by atomic mass is 15.3. The third-order valence-electron chi connectivity index (χ3n) is 9.37. The standard InChI is InChI=1S/C32H47N2/c1-11-31(9)28-16-14-13-15-25(28)30-33(17-18-34(30)32(31,10)12-2)29-26(22(5)6)19-24(21(3)4)20-27(29)23(7)8/h13-16,19-23H,11-12,17-18H2,1-10H3/q+1. The Morgan fingerprint density at radius 3 is 1.94 bits per heavy atom. The molecule has 0 radical (unpaired) electrons. The molecule has 0 saturated carbocycles. The van der Waals surface area contributed by atoms with Crippen LogP contribution in [-0.4, -0.2) is 29.0 Å². The lowest BCUT2D eigenvalue weighted by Gasteiger charge is -2.49. The number of fused-ring (bicyclic) bond motifs is 2. The second-order valence-corrected chi connectivity index (χ2v) is 12.0. The molecule has 2 aromatic carbocycles. The van der Waals surface area contributed by atoms with Gasteiger partial charge in [0.2, 0.25) is 0 Å². The van der Waals surface area contributed by atoms with Gasteiger partial charge in [-0.05, 0) is 54.7 Å². The van der Waals surface area contributed by atoms with Crippen LogP contribution in [-0.2, 0) is 5.41 Å². The van der Waals surface area contributed by atoms with Gasteiger partial charge in [0.25, 0.3) is 5.84 Å². The predicted molar refractivity (Wildman–Crippen MR) is 148 cm³/mol. The summed E-state index contributed by atoms with van der Waals surface area (Å²) in [4.78, 5) is 2.71. The van der Waals surface area contributed by atoms with Crippen LogP contribution in [0.25, 0.3) is 0 Å². The van der Waals surface area contributed by atoms with Crippen molar-refractivity contribution in [3.8, 4) is 0 Å². The lowest BCUT2D eigenvalue weighted by atomic mass is 9.61. The van der Waals surface area contributed by atoms with E-state index in [4.69, 9.17) is 0 Å². The lowest BCUT2D eigenvalue weighted by Crippen LogP contribution is -2.59. The Kier molecular flexibility index (Phi) is 6.51. The lowest BCUT2D eigenvalue weighted by molar-refractivity contribution is -0.612. The van der Waals surface area contributed by atoms with Gasteiger partial charge >= 0.3 is 0 Å². The largest absolute Gasteiger partial charge is 0.285 e. The van der Waals surface area contributed by atoms with E-state index in [2.05, 4.69) is 115 Å². The van der Waals surface area contributed by atoms with Crippen LogP contribution in [0, 0.1) is 0 Å². The van der Waals surface area contributed by atoms with Gasteiger partial charge in [0.1, 0.15) is 24.3 Å². The Morgan fingerprint density at radius 1 is 0.853 bits per heavy atom. The topological polar surface area (TPSA) is 6.25 Å². The highest BCUT2D eigenvalue weighted by Crippen LogP contribution is 2.50. The third kappa shape index (κ3) is 3.47. The van der Waals surface area contributed by atoms with E-state index >= 15 is 0 Å². The molecule has 0 fully saturated rings. The van der Waals surface area contributed by atoms with Gasteiger partial charge in [-0.3, -0.25) is 4.58 Å². The molecule has 0 N–H and O–H groups in total. The first-order chi connectivity index (χ1) is 16.0. The first-order valence-electron chi connectivity index (χ1n) is 13.7. The average Bonchev–Trinajstić information content (AvgIpc) is 3.26. The molecule has 2 nitrogen and oxygen atoms in total. The highest BCUT2D eigenvalue weighted by molar-refractivity contribution is 6.10. The Hall–Kier alpha value is -2.09. The van der Waals surface area contributed by atoms with Gasteiger partial charge in [-0.15, -0.1) is 0 Å². The molecule has 2 heteroatoms. The van der Waals surface area contributed by atoms with Crippen LogP contribution < -0.4 is 4.90 Å². The Labute approximate surface area is 209 Å². The highest BCUT2D eigenvalue weighted by Gasteiger charge is 2.58. The molecule has 4 rings (SSSR count). The maximum atomic E-state index is 2.78. The summed E-state index contributed by atoms with van der Waals surface area (Å²) >= 11 is 0. The maximum absolute atomic E-state index is 2.78. The third-order valence-corrected chi connectivity index (χ3v) is 9.37. The number of rotatable bonds is 6. The number of nitrogens with zero attached hydrogens (tertiary/aromatic N) is 2. The summed E-state index contributed by atoms with van der Waals surface area (Å²) < 4.78 is 2.78. The van der Waals surface area contributed by atoms with Crippen LogP contribution in [0.1, 0.15) is 128 Å². The zero-order valence-corrected chi connectivity index (χ0v) is 23.4. The summed E-state index contributed by atoms with van der Waals surface area (Å²) in [6.45, 7) is 26.0. The molecule has 0 amide bonds. The second-order valence-electron chi connectivity index (χ2n) is 12.0. The summed E-state index contributed by atoms with van der Waals surface area (Å²) in [6.07, 6.45) is 2.29. The van der Waals surface area contributed by atoms with Crippen molar-refractivity contribution in [2.24, 2.45) is 0 Å². The fourth-order valence-electron chi connectivity index (χ4n) is 6.68. The maximum Gasteiger partial charge on any atom is 0.285 e. The number of hydrogen-bond donors (Lipinski definition) is 0. The quantitative estimate of drug-likeness (QED) is 0.395. The molecule has 2 unspecified atom stereocenters. The van der Waals surface area contributed by atoms with Crippen LogP contribution in [0.5, 0.6) is 0 Å². The molecule has 2 aliphatic rings. The minimum atomic E-state index is 0.0913. The van der Waals surface area contributed by atoms with Gasteiger partial charge < -0.3 is 0 Å². The normalized spacial score (nSPS) is 24.4. The van der Waals surface area contributed by atoms with Crippen LogP contribution >= 0.6 is 0 Å². The molecule has 2 aromatic rings. The smallest absolute Gasteiger partial charge is 0.251 e. The Morgan fingerprint density at radius 2 is 1.44 bits per heavy atom. The van der Waals surface area contributed by atoms with Crippen molar-refractivity contribution in [2.45, 2.75) is 111 Å². The molecule has 184 valence electrons. The van der Waals surface area contributed by atoms with Crippen molar-refractivity contribution in [3.05, 3.63) is 64.2 Å². The van der Waals surface area contributed by atoms with E-state index in [-0.39, 0.29) is 11.0 Å². The number of benzene rings is 2. The first kappa shape index (κ1) is 25.0. The monoisotopic (exact) mass is 459 g/mol. The Balaban J connectivity index is 2.05. The van der Waals surface area contributed by atoms with Gasteiger partial charge in [-0.1, -0.05) is 92.6 Å². The van der Waals surface area contributed by atoms with Crippen molar-refractivity contribution >= 4 is 11.5 Å². The molecule has 0 saturated heterocycles. The summed E-state index contributed by atoms with van der Waals surface area (Å²) in [5, 5.41) is 0. The molecule has 0 spiro atoms. The minimum Gasteiger partial charge on any atom is -0.251 e. The van der Waals surface area contributed by atoms with Crippen LogP contribution in [0.2, 0.25) is 0 Å². The molecule has 0 bridgehead atoms. The molecular weight excluding hydrogens is 412 g/mol. The van der Waals surface area contributed by atoms with E-state index in [1.54, 1.807) is 0 Å². The SMILES string of the molecule is CCC1(C)c2ccccc2C2=[N+](CCN2c2c(C(C)C)cc(C(C)C)cc2C(C)C)C1(C)CC. The number of hydrogen-bond acceptors (Lipinski definition) is 1. The fourth-order valence-corrected chi connectivity index (χ4v) is 6.68.